The Morgan fingerprint density at radius 1 is 1.50 bits per heavy atom. The van der Waals surface area contributed by atoms with E-state index in [0.29, 0.717) is 12.4 Å². The monoisotopic (exact) mass is 319 g/mol. The quantitative estimate of drug-likeness (QED) is 0.482. The molecule has 0 spiro atoms. The second-order valence-electron chi connectivity index (χ2n) is 4.33. The highest BCUT2D eigenvalue weighted by Gasteiger charge is 2.03. The Labute approximate surface area is 132 Å². The Balaban J connectivity index is 1.89. The fraction of sp³-hybridized carbons (Fsp3) is 0.267. The van der Waals surface area contributed by atoms with E-state index in [2.05, 4.69) is 15.5 Å². The van der Waals surface area contributed by atoms with E-state index < -0.39 is 0 Å². The van der Waals surface area contributed by atoms with Crippen LogP contribution in [0.4, 0.5) is 5.13 Å². The van der Waals surface area contributed by atoms with Crippen molar-refractivity contribution in [3.63, 3.8) is 0 Å². The van der Waals surface area contributed by atoms with Gasteiger partial charge in [-0.2, -0.15) is 5.10 Å². The van der Waals surface area contributed by atoms with Crippen LogP contribution in [0.1, 0.15) is 18.2 Å². The van der Waals surface area contributed by atoms with E-state index in [9.17, 15) is 4.79 Å². The number of rotatable bonds is 7. The van der Waals surface area contributed by atoms with Gasteiger partial charge in [0.25, 0.3) is 0 Å². The van der Waals surface area contributed by atoms with Gasteiger partial charge in [0.15, 0.2) is 6.61 Å². The van der Waals surface area contributed by atoms with Crippen LogP contribution in [0.2, 0.25) is 0 Å². The second-order valence-corrected chi connectivity index (χ2v) is 5.19. The molecule has 0 radical (unpaired) electrons. The van der Waals surface area contributed by atoms with Crippen molar-refractivity contribution in [2.24, 2.45) is 5.10 Å². The highest BCUT2D eigenvalue weighted by molar-refractivity contribution is 7.13. The van der Waals surface area contributed by atoms with E-state index >= 15 is 0 Å². The van der Waals surface area contributed by atoms with Crippen LogP contribution in [0, 0.1) is 6.92 Å². The Morgan fingerprint density at radius 3 is 3.09 bits per heavy atom. The van der Waals surface area contributed by atoms with Crippen molar-refractivity contribution in [1.82, 2.24) is 4.98 Å². The molecule has 0 fully saturated rings. The zero-order valence-electron chi connectivity index (χ0n) is 12.4. The molecule has 0 aliphatic rings. The Bertz CT molecular complexity index is 655. The lowest BCUT2D eigenvalue weighted by molar-refractivity contribution is -0.145. The van der Waals surface area contributed by atoms with E-state index in [-0.39, 0.29) is 12.6 Å². The lowest BCUT2D eigenvalue weighted by Gasteiger charge is -2.06. The summed E-state index contributed by atoms with van der Waals surface area (Å²) in [6, 6.07) is 7.27. The summed E-state index contributed by atoms with van der Waals surface area (Å²) in [4.78, 5) is 15.5. The number of ether oxygens (including phenoxy) is 2. The van der Waals surface area contributed by atoms with Crippen LogP contribution in [0.5, 0.6) is 5.75 Å². The zero-order valence-corrected chi connectivity index (χ0v) is 13.2. The molecule has 0 aliphatic carbocycles. The molecule has 1 aromatic carbocycles. The van der Waals surface area contributed by atoms with Gasteiger partial charge in [-0.1, -0.05) is 12.1 Å². The molecule has 1 N–H and O–H groups in total. The van der Waals surface area contributed by atoms with Gasteiger partial charge in [0.2, 0.25) is 5.13 Å². The third-order valence-corrected chi connectivity index (χ3v) is 3.38. The number of hydrogen-bond acceptors (Lipinski definition) is 7. The standard InChI is InChI=1S/C15H17N3O3S/c1-3-20-14(19)9-21-13-6-4-5-12(7-13)8-16-18-15-17-11(2)10-22-15/h4-8,10H,3,9H2,1-2H3,(H,17,18). The molecular formula is C15H17N3O3S. The van der Waals surface area contributed by atoms with Crippen molar-refractivity contribution in [2.75, 3.05) is 18.6 Å². The highest BCUT2D eigenvalue weighted by atomic mass is 32.1. The molecule has 7 heteroatoms. The number of carbonyl (C=O) groups excluding carboxylic acids is 1. The van der Waals surface area contributed by atoms with Crippen LogP contribution in [0.3, 0.4) is 0 Å². The number of thiazole rings is 1. The fourth-order valence-electron chi connectivity index (χ4n) is 1.60. The number of hydrogen-bond donors (Lipinski definition) is 1. The second kappa shape index (κ2) is 8.14. The molecule has 0 unspecified atom stereocenters. The lowest BCUT2D eigenvalue weighted by Crippen LogP contribution is -2.14. The summed E-state index contributed by atoms with van der Waals surface area (Å²) in [5.41, 5.74) is 4.67. The molecule has 1 heterocycles. The molecular weight excluding hydrogens is 302 g/mol. The fourth-order valence-corrected chi connectivity index (χ4v) is 2.23. The Kier molecular flexibility index (Phi) is 5.91. The minimum atomic E-state index is -0.387. The van der Waals surface area contributed by atoms with E-state index in [1.54, 1.807) is 25.3 Å². The smallest absolute Gasteiger partial charge is 0.344 e. The third-order valence-electron chi connectivity index (χ3n) is 2.51. The number of carbonyl (C=O) groups is 1. The number of hydrazone groups is 1. The van der Waals surface area contributed by atoms with Crippen LogP contribution >= 0.6 is 11.3 Å². The maximum atomic E-state index is 11.2. The van der Waals surface area contributed by atoms with Gasteiger partial charge in [-0.05, 0) is 31.5 Å². The summed E-state index contributed by atoms with van der Waals surface area (Å²) in [5, 5.41) is 6.80. The van der Waals surface area contributed by atoms with E-state index in [1.165, 1.54) is 11.3 Å². The number of nitrogens with zero attached hydrogens (tertiary/aromatic N) is 2. The highest BCUT2D eigenvalue weighted by Crippen LogP contribution is 2.15. The van der Waals surface area contributed by atoms with Crippen molar-refractivity contribution < 1.29 is 14.3 Å². The minimum Gasteiger partial charge on any atom is -0.482 e. The molecule has 1 aromatic heterocycles. The molecule has 0 bridgehead atoms. The molecule has 0 saturated carbocycles. The average Bonchev–Trinajstić information content (AvgIpc) is 2.92. The Hall–Kier alpha value is -2.41. The number of aryl methyl sites for hydroxylation is 1. The van der Waals surface area contributed by atoms with Crippen LogP contribution in [-0.2, 0) is 9.53 Å². The average molecular weight is 319 g/mol. The summed E-state index contributed by atoms with van der Waals surface area (Å²) in [7, 11) is 0. The molecule has 116 valence electrons. The maximum absolute atomic E-state index is 11.2. The first-order valence-electron chi connectivity index (χ1n) is 6.77. The normalized spacial score (nSPS) is 10.6. The van der Waals surface area contributed by atoms with Crippen molar-refractivity contribution in [1.29, 1.82) is 0 Å². The van der Waals surface area contributed by atoms with Crippen LogP contribution in [0.25, 0.3) is 0 Å². The molecule has 6 nitrogen and oxygen atoms in total. The molecule has 22 heavy (non-hydrogen) atoms. The summed E-state index contributed by atoms with van der Waals surface area (Å²) in [6.07, 6.45) is 1.66. The van der Waals surface area contributed by atoms with E-state index in [1.807, 2.05) is 24.4 Å². The molecule has 0 atom stereocenters. The summed E-state index contributed by atoms with van der Waals surface area (Å²) in [5.74, 6) is 0.199. The number of anilines is 1. The molecule has 2 aromatic rings. The van der Waals surface area contributed by atoms with Gasteiger partial charge in [-0.15, -0.1) is 11.3 Å². The van der Waals surface area contributed by atoms with Crippen molar-refractivity contribution in [3.8, 4) is 5.75 Å². The third kappa shape index (κ3) is 5.17. The predicted molar refractivity (Wildman–Crippen MR) is 86.6 cm³/mol. The topological polar surface area (TPSA) is 72.8 Å². The summed E-state index contributed by atoms with van der Waals surface area (Å²) >= 11 is 1.49. The maximum Gasteiger partial charge on any atom is 0.344 e. The molecule has 0 amide bonds. The van der Waals surface area contributed by atoms with Gasteiger partial charge >= 0.3 is 5.97 Å². The van der Waals surface area contributed by atoms with Gasteiger partial charge in [-0.25, -0.2) is 9.78 Å². The SMILES string of the molecule is CCOC(=O)COc1cccc(C=NNc2nc(C)cs2)c1. The first kappa shape index (κ1) is 16.0. The Morgan fingerprint density at radius 2 is 2.36 bits per heavy atom. The minimum absolute atomic E-state index is 0.106. The van der Waals surface area contributed by atoms with Gasteiger partial charge in [0.05, 0.1) is 18.5 Å². The van der Waals surface area contributed by atoms with Crippen molar-refractivity contribution in [3.05, 3.63) is 40.9 Å². The number of aromatic nitrogens is 1. The lowest BCUT2D eigenvalue weighted by atomic mass is 10.2. The summed E-state index contributed by atoms with van der Waals surface area (Å²) in [6.45, 7) is 3.92. The van der Waals surface area contributed by atoms with Gasteiger partial charge < -0.3 is 9.47 Å². The van der Waals surface area contributed by atoms with Crippen LogP contribution < -0.4 is 10.2 Å². The van der Waals surface area contributed by atoms with Gasteiger partial charge in [0.1, 0.15) is 5.75 Å². The van der Waals surface area contributed by atoms with Crippen LogP contribution in [-0.4, -0.2) is 30.4 Å². The van der Waals surface area contributed by atoms with E-state index in [4.69, 9.17) is 9.47 Å². The predicted octanol–water partition coefficient (Wildman–Crippen LogP) is 2.84. The molecule has 0 aliphatic heterocycles. The zero-order chi connectivity index (χ0) is 15.8. The summed E-state index contributed by atoms with van der Waals surface area (Å²) < 4.78 is 10.2. The first-order valence-corrected chi connectivity index (χ1v) is 7.65. The number of nitrogens with one attached hydrogen (secondary N) is 1. The van der Waals surface area contributed by atoms with E-state index in [0.717, 1.165) is 16.4 Å². The van der Waals surface area contributed by atoms with Crippen molar-refractivity contribution in [2.45, 2.75) is 13.8 Å². The van der Waals surface area contributed by atoms with Crippen molar-refractivity contribution >= 4 is 28.7 Å². The first-order chi connectivity index (χ1) is 10.7. The largest absolute Gasteiger partial charge is 0.482 e. The van der Waals surface area contributed by atoms with Crippen LogP contribution in [0.15, 0.2) is 34.7 Å². The molecule has 2 rings (SSSR count). The number of benzene rings is 1. The van der Waals surface area contributed by atoms with Gasteiger partial charge in [-0.3, -0.25) is 5.43 Å². The molecule has 0 saturated heterocycles. The van der Waals surface area contributed by atoms with Gasteiger partial charge in [0, 0.05) is 5.38 Å². The number of esters is 1.